The molecule has 0 aromatic heterocycles. The van der Waals surface area contributed by atoms with E-state index in [-0.39, 0.29) is 24.2 Å². The molecule has 0 spiro atoms. The highest BCUT2D eigenvalue weighted by molar-refractivity contribution is 5.42. The van der Waals surface area contributed by atoms with Crippen molar-refractivity contribution in [2.24, 2.45) is 0 Å². The molecule has 0 radical (unpaired) electrons. The monoisotopic (exact) mass is 459 g/mol. The zero-order valence-corrected chi connectivity index (χ0v) is 20.0. The van der Waals surface area contributed by atoms with Crippen LogP contribution in [0.1, 0.15) is 60.6 Å². The van der Waals surface area contributed by atoms with E-state index in [1.807, 2.05) is 18.2 Å². The van der Waals surface area contributed by atoms with Gasteiger partial charge >= 0.3 is 0 Å². The second-order valence-electron chi connectivity index (χ2n) is 9.27. The Hall–Kier alpha value is -2.82. The fourth-order valence-corrected chi connectivity index (χ4v) is 5.12. The van der Waals surface area contributed by atoms with Crippen molar-refractivity contribution in [3.8, 4) is 11.5 Å². The molecule has 1 aliphatic rings. The standard InChI is InChI=1S/C30H37NO3/c32-22-7-10-29(24-8-3-1-4-9-24)30(25-11-15-27(33)16-12-25)26-13-17-28(18-14-26)34-23-21-31-19-5-2-6-20-31/h1,3-4,8-9,11-18,29-30,32-33H,2,5-7,10,19-23H2/t29?,30-/m1/s1. The summed E-state index contributed by atoms with van der Waals surface area (Å²) in [6.07, 6.45) is 5.56. The van der Waals surface area contributed by atoms with E-state index < -0.39 is 0 Å². The molecule has 34 heavy (non-hydrogen) atoms. The molecule has 180 valence electrons. The van der Waals surface area contributed by atoms with Gasteiger partial charge < -0.3 is 14.9 Å². The maximum Gasteiger partial charge on any atom is 0.119 e. The van der Waals surface area contributed by atoms with Crippen LogP contribution in [0.3, 0.4) is 0 Å². The maximum atomic E-state index is 9.87. The molecular formula is C30H37NO3. The molecular weight excluding hydrogens is 422 g/mol. The molecule has 0 saturated carbocycles. The van der Waals surface area contributed by atoms with Crippen molar-refractivity contribution < 1.29 is 14.9 Å². The third kappa shape index (κ3) is 6.62. The third-order valence-electron chi connectivity index (χ3n) is 6.92. The van der Waals surface area contributed by atoms with Gasteiger partial charge in [-0.3, -0.25) is 4.90 Å². The van der Waals surface area contributed by atoms with Crippen molar-refractivity contribution in [1.29, 1.82) is 0 Å². The molecule has 3 aromatic carbocycles. The van der Waals surface area contributed by atoms with Gasteiger partial charge in [0.15, 0.2) is 0 Å². The topological polar surface area (TPSA) is 52.9 Å². The average molecular weight is 460 g/mol. The van der Waals surface area contributed by atoms with E-state index in [2.05, 4.69) is 53.4 Å². The van der Waals surface area contributed by atoms with Crippen LogP contribution in [0.4, 0.5) is 0 Å². The Morgan fingerprint density at radius 1 is 0.765 bits per heavy atom. The zero-order valence-electron chi connectivity index (χ0n) is 20.0. The number of ether oxygens (including phenoxy) is 1. The minimum atomic E-state index is 0.108. The quantitative estimate of drug-likeness (QED) is 0.372. The Morgan fingerprint density at radius 3 is 2.06 bits per heavy atom. The number of phenolic OH excluding ortho intramolecular Hbond substituents is 1. The lowest BCUT2D eigenvalue weighted by Gasteiger charge is -2.29. The predicted octanol–water partition coefficient (Wildman–Crippen LogP) is 5.95. The third-order valence-corrected chi connectivity index (χ3v) is 6.92. The minimum Gasteiger partial charge on any atom is -0.508 e. The summed E-state index contributed by atoms with van der Waals surface area (Å²) in [5, 5.41) is 19.4. The number of aromatic hydroxyl groups is 1. The number of hydrogen-bond acceptors (Lipinski definition) is 4. The molecule has 1 aliphatic heterocycles. The molecule has 1 heterocycles. The Bertz CT molecular complexity index is 966. The van der Waals surface area contributed by atoms with Crippen LogP contribution in [0.15, 0.2) is 78.9 Å². The lowest BCUT2D eigenvalue weighted by molar-refractivity contribution is 0.183. The highest BCUT2D eigenvalue weighted by atomic mass is 16.5. The molecule has 0 amide bonds. The van der Waals surface area contributed by atoms with E-state index >= 15 is 0 Å². The highest BCUT2D eigenvalue weighted by Crippen LogP contribution is 2.42. The second kappa shape index (κ2) is 12.6. The molecule has 3 aromatic rings. The van der Waals surface area contributed by atoms with Crippen LogP contribution in [-0.4, -0.2) is 48.0 Å². The van der Waals surface area contributed by atoms with Crippen molar-refractivity contribution >= 4 is 0 Å². The number of piperidine rings is 1. The largest absolute Gasteiger partial charge is 0.508 e. The van der Waals surface area contributed by atoms with Gasteiger partial charge in [-0.1, -0.05) is 61.0 Å². The Morgan fingerprint density at radius 2 is 1.41 bits per heavy atom. The van der Waals surface area contributed by atoms with Crippen molar-refractivity contribution in [2.75, 3.05) is 32.8 Å². The van der Waals surface area contributed by atoms with Gasteiger partial charge in [-0.2, -0.15) is 0 Å². The van der Waals surface area contributed by atoms with E-state index in [1.165, 1.54) is 43.5 Å². The summed E-state index contributed by atoms with van der Waals surface area (Å²) in [6.45, 7) is 4.24. The van der Waals surface area contributed by atoms with E-state index in [0.717, 1.165) is 30.7 Å². The molecule has 0 bridgehead atoms. The summed E-state index contributed by atoms with van der Waals surface area (Å²) < 4.78 is 6.07. The van der Waals surface area contributed by atoms with Gasteiger partial charge in [0, 0.05) is 19.1 Å². The van der Waals surface area contributed by atoms with Crippen LogP contribution in [0.2, 0.25) is 0 Å². The number of rotatable bonds is 11. The first-order chi connectivity index (χ1) is 16.7. The first kappa shape index (κ1) is 24.3. The number of aliphatic hydroxyl groups is 1. The summed E-state index contributed by atoms with van der Waals surface area (Å²) >= 11 is 0. The van der Waals surface area contributed by atoms with Crippen LogP contribution in [-0.2, 0) is 0 Å². The lowest BCUT2D eigenvalue weighted by Crippen LogP contribution is -2.33. The van der Waals surface area contributed by atoms with Gasteiger partial charge in [-0.25, -0.2) is 0 Å². The van der Waals surface area contributed by atoms with Gasteiger partial charge in [-0.15, -0.1) is 0 Å². The number of phenols is 1. The number of benzene rings is 3. The van der Waals surface area contributed by atoms with Crippen molar-refractivity contribution in [2.45, 2.75) is 43.9 Å². The van der Waals surface area contributed by atoms with Crippen molar-refractivity contribution in [3.05, 3.63) is 95.6 Å². The SMILES string of the molecule is OCCCC(c1ccccc1)[C@H](c1ccc(O)cc1)c1ccc(OCCN2CCCCC2)cc1. The minimum absolute atomic E-state index is 0.108. The van der Waals surface area contributed by atoms with Crippen LogP contribution in [0.25, 0.3) is 0 Å². The summed E-state index contributed by atoms with van der Waals surface area (Å²) in [6, 6.07) is 26.6. The number of hydrogen-bond donors (Lipinski definition) is 2. The molecule has 1 unspecified atom stereocenters. The van der Waals surface area contributed by atoms with Crippen LogP contribution < -0.4 is 4.74 Å². The van der Waals surface area contributed by atoms with E-state index in [4.69, 9.17) is 4.74 Å². The predicted molar refractivity (Wildman–Crippen MR) is 138 cm³/mol. The summed E-state index contributed by atoms with van der Waals surface area (Å²) in [5.74, 6) is 1.49. The van der Waals surface area contributed by atoms with Crippen LogP contribution >= 0.6 is 0 Å². The molecule has 2 atom stereocenters. The summed E-state index contributed by atoms with van der Waals surface area (Å²) in [4.78, 5) is 2.49. The Balaban J connectivity index is 1.55. The molecule has 4 nitrogen and oxygen atoms in total. The van der Waals surface area contributed by atoms with Crippen molar-refractivity contribution in [3.63, 3.8) is 0 Å². The van der Waals surface area contributed by atoms with Gasteiger partial charge in [0.2, 0.25) is 0 Å². The van der Waals surface area contributed by atoms with E-state index in [9.17, 15) is 10.2 Å². The van der Waals surface area contributed by atoms with Gasteiger partial charge in [0.1, 0.15) is 18.1 Å². The average Bonchev–Trinajstić information content (AvgIpc) is 2.89. The van der Waals surface area contributed by atoms with Gasteiger partial charge in [0.25, 0.3) is 0 Å². The molecule has 1 fully saturated rings. The molecule has 4 heteroatoms. The van der Waals surface area contributed by atoms with E-state index in [0.29, 0.717) is 6.61 Å². The summed E-state index contributed by atoms with van der Waals surface area (Å²) in [7, 11) is 0. The van der Waals surface area contributed by atoms with Crippen LogP contribution in [0.5, 0.6) is 11.5 Å². The van der Waals surface area contributed by atoms with Crippen LogP contribution in [0, 0.1) is 0 Å². The van der Waals surface area contributed by atoms with Gasteiger partial charge in [0.05, 0.1) is 0 Å². The first-order valence-electron chi connectivity index (χ1n) is 12.6. The maximum absolute atomic E-state index is 9.87. The fraction of sp³-hybridized carbons (Fsp3) is 0.400. The molecule has 0 aliphatic carbocycles. The highest BCUT2D eigenvalue weighted by Gasteiger charge is 2.26. The Kier molecular flexibility index (Phi) is 9.00. The zero-order chi connectivity index (χ0) is 23.6. The normalized spacial score (nSPS) is 16.1. The fourth-order valence-electron chi connectivity index (χ4n) is 5.12. The molecule has 4 rings (SSSR count). The number of nitrogens with zero attached hydrogens (tertiary/aromatic N) is 1. The second-order valence-corrected chi connectivity index (χ2v) is 9.27. The number of likely N-dealkylation sites (tertiary alicyclic amines) is 1. The lowest BCUT2D eigenvalue weighted by atomic mass is 9.75. The Labute approximate surface area is 203 Å². The number of aliphatic hydroxyl groups excluding tert-OH is 1. The molecule has 2 N–H and O–H groups in total. The first-order valence-corrected chi connectivity index (χ1v) is 12.6. The summed E-state index contributed by atoms with van der Waals surface area (Å²) in [5.41, 5.74) is 3.63. The van der Waals surface area contributed by atoms with E-state index in [1.54, 1.807) is 12.1 Å². The molecule has 1 saturated heterocycles. The smallest absolute Gasteiger partial charge is 0.119 e. The van der Waals surface area contributed by atoms with Crippen molar-refractivity contribution in [1.82, 2.24) is 4.90 Å². The van der Waals surface area contributed by atoms with Gasteiger partial charge in [-0.05, 0) is 85.6 Å².